The van der Waals surface area contributed by atoms with E-state index >= 15 is 0 Å². The van der Waals surface area contributed by atoms with Crippen molar-refractivity contribution in [3.63, 3.8) is 0 Å². The third-order valence-corrected chi connectivity index (χ3v) is 7.43. The summed E-state index contributed by atoms with van der Waals surface area (Å²) in [6.45, 7) is 15.3. The summed E-state index contributed by atoms with van der Waals surface area (Å²) in [5.41, 5.74) is 2.64. The number of hydrogen-bond acceptors (Lipinski definition) is 4. The minimum absolute atomic E-state index is 0.318. The van der Waals surface area contributed by atoms with Gasteiger partial charge in [-0.15, -0.1) is 0 Å². The molecule has 3 heterocycles. The van der Waals surface area contributed by atoms with E-state index in [1.54, 1.807) is 10.9 Å². The molecule has 0 amide bonds. The van der Waals surface area contributed by atoms with Crippen molar-refractivity contribution in [3.05, 3.63) is 29.8 Å². The highest BCUT2D eigenvalue weighted by Gasteiger charge is 2.52. The molecule has 2 aliphatic rings. The SMILES string of the molecule is CC(C)(C)OC=O.Cn1c([Si](C)(C)C)c(CC2C3OCCN23)c2ccccc21. The zero-order valence-corrected chi connectivity index (χ0v) is 19.3. The fourth-order valence-electron chi connectivity index (χ4n) is 4.29. The van der Waals surface area contributed by atoms with Crippen molar-refractivity contribution in [1.82, 2.24) is 9.47 Å². The molecule has 4 rings (SSSR count). The maximum absolute atomic E-state index is 9.60. The minimum Gasteiger partial charge on any atom is -0.462 e. The monoisotopic (exact) mass is 402 g/mol. The van der Waals surface area contributed by atoms with Gasteiger partial charge in [0.2, 0.25) is 0 Å². The van der Waals surface area contributed by atoms with Crippen LogP contribution in [0.2, 0.25) is 19.6 Å². The fourth-order valence-corrected chi connectivity index (χ4v) is 6.56. The van der Waals surface area contributed by atoms with E-state index in [1.807, 2.05) is 20.8 Å². The Morgan fingerprint density at radius 1 is 1.25 bits per heavy atom. The molecule has 0 radical (unpaired) electrons. The van der Waals surface area contributed by atoms with Crippen molar-refractivity contribution in [1.29, 1.82) is 0 Å². The highest BCUT2D eigenvalue weighted by Crippen LogP contribution is 2.37. The highest BCUT2D eigenvalue weighted by atomic mass is 28.3. The van der Waals surface area contributed by atoms with E-state index in [-0.39, 0.29) is 5.60 Å². The van der Waals surface area contributed by atoms with Gasteiger partial charge in [0.25, 0.3) is 6.47 Å². The first-order chi connectivity index (χ1) is 13.0. The molecule has 2 aliphatic heterocycles. The lowest BCUT2D eigenvalue weighted by atomic mass is 10.1. The van der Waals surface area contributed by atoms with Crippen molar-refractivity contribution >= 4 is 30.8 Å². The van der Waals surface area contributed by atoms with Crippen molar-refractivity contribution in [2.45, 2.75) is 64.7 Å². The Hall–Kier alpha value is -1.63. The van der Waals surface area contributed by atoms with Gasteiger partial charge in [0, 0.05) is 29.8 Å². The van der Waals surface area contributed by atoms with Crippen LogP contribution in [-0.2, 0) is 27.7 Å². The van der Waals surface area contributed by atoms with Crippen LogP contribution >= 0.6 is 0 Å². The molecule has 3 atom stereocenters. The Kier molecular flexibility index (Phi) is 5.76. The Labute approximate surface area is 169 Å². The fraction of sp³-hybridized carbons (Fsp3) is 0.591. The zero-order valence-electron chi connectivity index (χ0n) is 18.3. The van der Waals surface area contributed by atoms with Gasteiger partial charge in [0.05, 0.1) is 20.7 Å². The smallest absolute Gasteiger partial charge is 0.293 e. The maximum Gasteiger partial charge on any atom is 0.293 e. The van der Waals surface area contributed by atoms with Crippen LogP contribution in [0, 0.1) is 0 Å². The van der Waals surface area contributed by atoms with Gasteiger partial charge in [-0.25, -0.2) is 0 Å². The molecular weight excluding hydrogens is 368 g/mol. The number of para-hydroxylation sites is 1. The number of rotatable bonds is 4. The first-order valence-corrected chi connectivity index (χ1v) is 13.6. The zero-order chi connectivity index (χ0) is 20.7. The number of aromatic nitrogens is 1. The predicted octanol–water partition coefficient (Wildman–Crippen LogP) is 3.26. The van der Waals surface area contributed by atoms with E-state index in [0.717, 1.165) is 19.6 Å². The Bertz CT molecular complexity index is 838. The molecule has 0 spiro atoms. The van der Waals surface area contributed by atoms with Gasteiger partial charge in [-0.1, -0.05) is 37.8 Å². The van der Waals surface area contributed by atoms with E-state index in [9.17, 15) is 4.79 Å². The molecule has 154 valence electrons. The van der Waals surface area contributed by atoms with Gasteiger partial charge in [0.1, 0.15) is 11.8 Å². The first-order valence-electron chi connectivity index (χ1n) is 10.1. The Morgan fingerprint density at radius 2 is 1.93 bits per heavy atom. The quantitative estimate of drug-likeness (QED) is 0.447. The third-order valence-electron chi connectivity index (χ3n) is 5.37. The number of carbonyl (C=O) groups excluding carboxylic acids is 1. The van der Waals surface area contributed by atoms with Crippen molar-refractivity contribution in [2.24, 2.45) is 7.05 Å². The number of aryl methyl sites for hydroxylation is 1. The number of benzene rings is 1. The molecule has 2 fully saturated rings. The van der Waals surface area contributed by atoms with E-state index in [2.05, 4.69) is 65.2 Å². The van der Waals surface area contributed by atoms with E-state index in [1.165, 1.54) is 10.9 Å². The summed E-state index contributed by atoms with van der Waals surface area (Å²) in [4.78, 5) is 12.1. The van der Waals surface area contributed by atoms with Crippen LogP contribution in [0.3, 0.4) is 0 Å². The first kappa shape index (κ1) is 21.1. The molecule has 3 unspecified atom stereocenters. The maximum atomic E-state index is 9.60. The van der Waals surface area contributed by atoms with Crippen LogP contribution in [0.15, 0.2) is 24.3 Å². The predicted molar refractivity (Wildman–Crippen MR) is 117 cm³/mol. The number of carbonyl (C=O) groups is 1. The van der Waals surface area contributed by atoms with Gasteiger partial charge >= 0.3 is 0 Å². The molecule has 2 aromatic rings. The molecule has 0 saturated carbocycles. The summed E-state index contributed by atoms with van der Waals surface area (Å²) in [5.74, 6) is 0. The topological polar surface area (TPSA) is 43.5 Å². The molecule has 6 heteroatoms. The lowest BCUT2D eigenvalue weighted by molar-refractivity contribution is -0.138. The van der Waals surface area contributed by atoms with Gasteiger partial charge in [-0.2, -0.15) is 0 Å². The number of hydrogen-bond donors (Lipinski definition) is 0. The standard InChI is InChI=1S/C17H24N2OSi.C5H10O2/c1-18-14-8-6-5-7-12(14)13(17(18)21(2,3)4)11-15-16-19(15)9-10-20-16;1-5(2,3)7-4-6/h5-8,15-16H,9-11H2,1-4H3;4H,1-3H3. The summed E-state index contributed by atoms with van der Waals surface area (Å²) in [6, 6.07) is 9.48. The summed E-state index contributed by atoms with van der Waals surface area (Å²) < 4.78 is 12.8. The van der Waals surface area contributed by atoms with Crippen LogP contribution in [0.4, 0.5) is 0 Å². The van der Waals surface area contributed by atoms with Crippen LogP contribution in [0.1, 0.15) is 26.3 Å². The van der Waals surface area contributed by atoms with Crippen molar-refractivity contribution in [3.8, 4) is 0 Å². The van der Waals surface area contributed by atoms with E-state index < -0.39 is 8.07 Å². The van der Waals surface area contributed by atoms with Crippen LogP contribution in [-0.4, -0.2) is 55.0 Å². The molecule has 28 heavy (non-hydrogen) atoms. The molecule has 0 N–H and O–H groups in total. The number of nitrogens with zero attached hydrogens (tertiary/aromatic N) is 2. The number of morpholine rings is 1. The lowest BCUT2D eigenvalue weighted by Gasteiger charge is -2.21. The van der Waals surface area contributed by atoms with Gasteiger partial charge in [0.15, 0.2) is 0 Å². The second kappa shape index (κ2) is 7.65. The molecule has 1 aromatic carbocycles. The Balaban J connectivity index is 0.000000279. The highest BCUT2D eigenvalue weighted by molar-refractivity contribution is 6.88. The average molecular weight is 403 g/mol. The number of fused-ring (bicyclic) bond motifs is 2. The molecule has 2 saturated heterocycles. The lowest BCUT2D eigenvalue weighted by Crippen LogP contribution is -2.44. The second-order valence-electron chi connectivity index (χ2n) is 9.75. The Morgan fingerprint density at radius 3 is 2.43 bits per heavy atom. The van der Waals surface area contributed by atoms with Crippen molar-refractivity contribution in [2.75, 3.05) is 13.2 Å². The van der Waals surface area contributed by atoms with Crippen molar-refractivity contribution < 1.29 is 14.3 Å². The summed E-state index contributed by atoms with van der Waals surface area (Å²) in [5, 5.41) is 3.05. The van der Waals surface area contributed by atoms with Crippen LogP contribution in [0.25, 0.3) is 10.9 Å². The van der Waals surface area contributed by atoms with Crippen LogP contribution < -0.4 is 5.32 Å². The summed E-state index contributed by atoms with van der Waals surface area (Å²) >= 11 is 0. The summed E-state index contributed by atoms with van der Waals surface area (Å²) in [6.07, 6.45) is 1.55. The summed E-state index contributed by atoms with van der Waals surface area (Å²) in [7, 11) is 0.863. The van der Waals surface area contributed by atoms with Gasteiger partial charge < -0.3 is 14.0 Å². The molecule has 1 aromatic heterocycles. The normalized spacial score (nSPS) is 23.8. The largest absolute Gasteiger partial charge is 0.462 e. The van der Waals surface area contributed by atoms with Crippen LogP contribution in [0.5, 0.6) is 0 Å². The average Bonchev–Trinajstić information content (AvgIpc) is 2.92. The van der Waals surface area contributed by atoms with Gasteiger partial charge in [-0.3, -0.25) is 9.69 Å². The second-order valence-corrected chi connectivity index (χ2v) is 14.7. The van der Waals surface area contributed by atoms with E-state index in [0.29, 0.717) is 18.7 Å². The minimum atomic E-state index is -1.38. The molecule has 5 nitrogen and oxygen atoms in total. The number of ether oxygens (including phenoxy) is 2. The third kappa shape index (κ3) is 4.34. The van der Waals surface area contributed by atoms with Gasteiger partial charge in [-0.05, 0) is 38.8 Å². The van der Waals surface area contributed by atoms with E-state index in [4.69, 9.17) is 4.74 Å². The molecular formula is C22H34N2O3Si. The molecule has 0 aliphatic carbocycles. The molecule has 0 bridgehead atoms.